The van der Waals surface area contributed by atoms with Crippen molar-refractivity contribution in [1.82, 2.24) is 29.9 Å². The molecule has 10 nitrogen and oxygen atoms in total. The fraction of sp³-hybridized carbons (Fsp3) is 0.154. The first-order valence-electron chi connectivity index (χ1n) is 30.5. The topological polar surface area (TPSA) is 102 Å². The second-order valence-corrected chi connectivity index (χ2v) is 25.1. The molecule has 0 spiro atoms. The molecule has 0 N–H and O–H groups in total. The van der Waals surface area contributed by atoms with E-state index >= 15 is 0 Å². The SMILES string of the molecule is CC1(C)c2ccccc2N(c2ccc(-c3nc(-c4ccccc4)nc(-c4ccccc4)n3)cc2)c2ccccc21.CC1(C)c2ccccc2N(c2ccc(B3OC(C)(C)C(C)(C)O3)cc2)c2ccccc21.Clc1nc(-c2ccccc2)nc(-c2ccccc2)n1. The predicted molar refractivity (Wildman–Crippen MR) is 368 cm³/mol. The minimum absolute atomic E-state index is 0.0493. The molecule has 10 aromatic carbocycles. The third kappa shape index (κ3) is 11.5. The lowest BCUT2D eigenvalue weighted by Gasteiger charge is -2.42. The maximum atomic E-state index is 6.24. The molecule has 3 aliphatic heterocycles. The molecule has 1 fully saturated rings. The van der Waals surface area contributed by atoms with E-state index in [2.05, 4.69) is 226 Å². The highest BCUT2D eigenvalue weighted by atomic mass is 35.5. The lowest BCUT2D eigenvalue weighted by Crippen LogP contribution is -2.41. The van der Waals surface area contributed by atoms with Crippen molar-refractivity contribution in [3.05, 3.63) is 294 Å². The minimum Gasteiger partial charge on any atom is -0.399 e. The van der Waals surface area contributed by atoms with Crippen LogP contribution in [0.4, 0.5) is 34.1 Å². The van der Waals surface area contributed by atoms with Crippen LogP contribution in [0.2, 0.25) is 5.28 Å². The van der Waals surface area contributed by atoms with E-state index < -0.39 is 0 Å². The third-order valence-electron chi connectivity index (χ3n) is 17.7. The normalized spacial score (nSPS) is 15.1. The van der Waals surface area contributed by atoms with E-state index in [4.69, 9.17) is 35.9 Å². The van der Waals surface area contributed by atoms with E-state index in [9.17, 15) is 0 Å². The number of aromatic nitrogens is 6. The lowest BCUT2D eigenvalue weighted by atomic mass is 9.73. The quantitative estimate of drug-likeness (QED) is 0.137. The van der Waals surface area contributed by atoms with E-state index in [0.29, 0.717) is 29.1 Å². The molecule has 0 aliphatic carbocycles. The molecule has 0 amide bonds. The highest BCUT2D eigenvalue weighted by Crippen LogP contribution is 2.53. The van der Waals surface area contributed by atoms with Crippen LogP contribution in [0.25, 0.3) is 56.9 Å². The Kier molecular flexibility index (Phi) is 15.9. The summed E-state index contributed by atoms with van der Waals surface area (Å²) in [5, 5.41) is 0.202. The summed E-state index contributed by atoms with van der Waals surface area (Å²) in [6.07, 6.45) is 0. The van der Waals surface area contributed by atoms with Gasteiger partial charge in [0, 0.05) is 50.0 Å². The number of benzene rings is 10. The van der Waals surface area contributed by atoms with Gasteiger partial charge >= 0.3 is 7.12 Å². The Hall–Kier alpha value is -9.91. The summed E-state index contributed by atoms with van der Waals surface area (Å²) in [6.45, 7) is 17.6. The van der Waals surface area contributed by atoms with Gasteiger partial charge in [-0.05, 0) is 128 Å². The molecule has 12 aromatic rings. The molecule has 0 radical (unpaired) electrons. The maximum absolute atomic E-state index is 6.24. The van der Waals surface area contributed by atoms with Gasteiger partial charge in [-0.1, -0.05) is 234 Å². The molecule has 0 bridgehead atoms. The number of halogens is 1. The first kappa shape index (κ1) is 59.1. The predicted octanol–water partition coefficient (Wildman–Crippen LogP) is 18.9. The summed E-state index contributed by atoms with van der Waals surface area (Å²) in [7, 11) is -0.348. The van der Waals surface area contributed by atoms with Crippen LogP contribution >= 0.6 is 11.6 Å². The van der Waals surface area contributed by atoms with E-state index in [1.54, 1.807) is 0 Å². The summed E-state index contributed by atoms with van der Waals surface area (Å²) in [4.78, 5) is 32.2. The summed E-state index contributed by atoms with van der Waals surface area (Å²) in [5.41, 5.74) is 17.3. The zero-order valence-corrected chi connectivity index (χ0v) is 52.5. The number of anilines is 6. The molecule has 3 aliphatic rings. The maximum Gasteiger partial charge on any atom is 0.494 e. The van der Waals surface area contributed by atoms with Gasteiger partial charge in [0.25, 0.3) is 0 Å². The third-order valence-corrected chi connectivity index (χ3v) is 17.9. The van der Waals surface area contributed by atoms with Gasteiger partial charge in [0.2, 0.25) is 5.28 Å². The average molecular weight is 1200 g/mol. The lowest BCUT2D eigenvalue weighted by molar-refractivity contribution is 0.00578. The van der Waals surface area contributed by atoms with Gasteiger partial charge in [-0.15, -0.1) is 0 Å². The van der Waals surface area contributed by atoms with Crippen molar-refractivity contribution in [2.24, 2.45) is 0 Å². The molecule has 12 heteroatoms. The van der Waals surface area contributed by atoms with Crippen molar-refractivity contribution >= 4 is 58.3 Å². The highest BCUT2D eigenvalue weighted by Gasteiger charge is 2.52. The van der Waals surface area contributed by atoms with Gasteiger partial charge in [-0.2, -0.15) is 9.97 Å². The number of para-hydroxylation sites is 4. The molecule has 15 rings (SSSR count). The van der Waals surface area contributed by atoms with E-state index in [0.717, 1.165) is 44.7 Å². The smallest absolute Gasteiger partial charge is 0.399 e. The summed E-state index contributed by atoms with van der Waals surface area (Å²) in [5.74, 6) is 3.14. The Labute approximate surface area is 533 Å². The van der Waals surface area contributed by atoms with Crippen LogP contribution in [0.5, 0.6) is 0 Å². The number of nitrogens with zero attached hydrogens (tertiary/aromatic N) is 8. The number of rotatable bonds is 8. The fourth-order valence-electron chi connectivity index (χ4n) is 12.1. The van der Waals surface area contributed by atoms with E-state index in [-0.39, 0.29) is 34.4 Å². The van der Waals surface area contributed by atoms with Crippen molar-refractivity contribution < 1.29 is 9.31 Å². The molecule has 442 valence electrons. The second kappa shape index (κ2) is 24.2. The minimum atomic E-state index is -0.348. The van der Waals surface area contributed by atoms with E-state index in [1.807, 2.05) is 121 Å². The van der Waals surface area contributed by atoms with Crippen LogP contribution in [0.3, 0.4) is 0 Å². The highest BCUT2D eigenvalue weighted by molar-refractivity contribution is 6.62. The Morgan fingerprint density at radius 1 is 0.289 bits per heavy atom. The number of hydrogen-bond acceptors (Lipinski definition) is 10. The Bertz CT molecular complexity index is 4280. The molecule has 0 unspecified atom stereocenters. The molecular formula is C78H68BClN8O2. The largest absolute Gasteiger partial charge is 0.494 e. The number of fused-ring (bicyclic) bond motifs is 4. The average Bonchev–Trinajstić information content (AvgIpc) is 0.974. The van der Waals surface area contributed by atoms with Crippen LogP contribution in [0.15, 0.2) is 267 Å². The monoisotopic (exact) mass is 1190 g/mol. The zero-order valence-electron chi connectivity index (χ0n) is 51.8. The molecule has 1 saturated heterocycles. The van der Waals surface area contributed by atoms with Gasteiger partial charge in [0.15, 0.2) is 29.1 Å². The Balaban J connectivity index is 0.000000132. The first-order chi connectivity index (χ1) is 43.5. The molecule has 0 saturated carbocycles. The molecule has 0 atom stereocenters. The Morgan fingerprint density at radius 2 is 0.533 bits per heavy atom. The molecule has 2 aromatic heterocycles. The van der Waals surface area contributed by atoms with Crippen LogP contribution in [0, 0.1) is 0 Å². The van der Waals surface area contributed by atoms with Crippen molar-refractivity contribution in [2.45, 2.75) is 77.4 Å². The van der Waals surface area contributed by atoms with Gasteiger partial charge in [0.1, 0.15) is 0 Å². The van der Waals surface area contributed by atoms with Crippen molar-refractivity contribution in [3.63, 3.8) is 0 Å². The van der Waals surface area contributed by atoms with Crippen LogP contribution in [0.1, 0.15) is 77.6 Å². The van der Waals surface area contributed by atoms with Crippen molar-refractivity contribution in [2.75, 3.05) is 9.80 Å². The molecular weight excluding hydrogens is 1130 g/mol. The van der Waals surface area contributed by atoms with Gasteiger partial charge in [-0.3, -0.25) is 0 Å². The standard InChI is InChI=1S/C36H28N4.C27H30BNO2.C15H10ClN3/c1-36(2)29-17-9-11-19-31(29)40(32-20-12-10-18-30(32)36)28-23-21-27(22-24-28)35-38-33(25-13-5-3-6-14-25)37-34(39-35)26-15-7-4-8-16-26;1-25(2)21-11-7-9-13-23(21)29(24-14-10-8-12-22(24)25)20-17-15-19(16-18-20)28-30-26(3,4)27(5,6)31-28;16-15-18-13(11-7-3-1-4-8-11)17-14(19-15)12-9-5-2-6-10-12/h3-24H,1-2H3;7-18H,1-6H3;1-10H. The molecule has 90 heavy (non-hydrogen) atoms. The van der Waals surface area contributed by atoms with E-state index in [1.165, 1.54) is 45.0 Å². The summed E-state index contributed by atoms with van der Waals surface area (Å²) >= 11 is 5.99. The fourth-order valence-corrected chi connectivity index (χ4v) is 12.3. The summed E-state index contributed by atoms with van der Waals surface area (Å²) in [6, 6.07) is 91.6. The van der Waals surface area contributed by atoms with Crippen LogP contribution in [-0.2, 0) is 20.1 Å². The zero-order chi connectivity index (χ0) is 62.2. The van der Waals surface area contributed by atoms with Gasteiger partial charge in [-0.25, -0.2) is 19.9 Å². The van der Waals surface area contributed by atoms with Crippen LogP contribution in [-0.4, -0.2) is 48.2 Å². The first-order valence-corrected chi connectivity index (χ1v) is 30.9. The Morgan fingerprint density at radius 3 is 0.833 bits per heavy atom. The number of hydrogen-bond donors (Lipinski definition) is 0. The van der Waals surface area contributed by atoms with Crippen molar-refractivity contribution in [1.29, 1.82) is 0 Å². The molecule has 5 heterocycles. The second-order valence-electron chi connectivity index (χ2n) is 24.7. The van der Waals surface area contributed by atoms with Crippen molar-refractivity contribution in [3.8, 4) is 56.9 Å². The van der Waals surface area contributed by atoms with Crippen LogP contribution < -0.4 is 15.3 Å². The van der Waals surface area contributed by atoms with Gasteiger partial charge in [0.05, 0.1) is 34.0 Å². The summed E-state index contributed by atoms with van der Waals surface area (Å²) < 4.78 is 12.5. The van der Waals surface area contributed by atoms with Gasteiger partial charge < -0.3 is 19.1 Å².